The molecule has 1 amide bonds. The van der Waals surface area contributed by atoms with Gasteiger partial charge in [0.15, 0.2) is 0 Å². The number of benzene rings is 2. The van der Waals surface area contributed by atoms with Gasteiger partial charge in [-0.15, -0.1) is 0 Å². The van der Waals surface area contributed by atoms with Crippen LogP contribution in [0, 0.1) is 0 Å². The largest absolute Gasteiger partial charge is 0.363 e. The highest BCUT2D eigenvalue weighted by atomic mass is 16.7. The number of para-hydroxylation sites is 2. The molecule has 0 N–H and O–H groups in total. The van der Waals surface area contributed by atoms with Crippen molar-refractivity contribution in [3.8, 4) is 0 Å². The van der Waals surface area contributed by atoms with Crippen molar-refractivity contribution in [2.75, 3.05) is 19.1 Å². The number of carbonyl (C=O) groups excluding carboxylic acids is 1. The normalized spacial score (nSPS) is 24.4. The number of hydroxylamine groups is 2. The van der Waals surface area contributed by atoms with Crippen molar-refractivity contribution in [2.45, 2.75) is 18.5 Å². The van der Waals surface area contributed by atoms with Gasteiger partial charge in [0.1, 0.15) is 5.54 Å². The summed E-state index contributed by atoms with van der Waals surface area (Å²) >= 11 is 0. The summed E-state index contributed by atoms with van der Waals surface area (Å²) in [5, 5.41) is 2.59. The van der Waals surface area contributed by atoms with Gasteiger partial charge in [0.2, 0.25) is 0 Å². The second-order valence-corrected chi connectivity index (χ2v) is 6.90. The van der Waals surface area contributed by atoms with Crippen LogP contribution in [0.4, 0.5) is 10.5 Å². The van der Waals surface area contributed by atoms with Crippen LogP contribution in [-0.2, 0) is 10.4 Å². The molecule has 0 unspecified atom stereocenters. The monoisotopic (exact) mass is 333 g/mol. The van der Waals surface area contributed by atoms with E-state index in [1.54, 1.807) is 11.7 Å². The van der Waals surface area contributed by atoms with E-state index in [4.69, 9.17) is 4.84 Å². The summed E-state index contributed by atoms with van der Waals surface area (Å²) in [5.74, 6) is 0. The molecular formula is C20H19N3O2. The van der Waals surface area contributed by atoms with Gasteiger partial charge in [0.05, 0.1) is 24.4 Å². The Kier molecular flexibility index (Phi) is 2.70. The van der Waals surface area contributed by atoms with Gasteiger partial charge < -0.3 is 4.90 Å². The van der Waals surface area contributed by atoms with Crippen LogP contribution in [0.25, 0.3) is 10.9 Å². The molecule has 2 aliphatic heterocycles. The number of amides is 1. The predicted molar refractivity (Wildman–Crippen MR) is 96.5 cm³/mol. The van der Waals surface area contributed by atoms with Gasteiger partial charge in [0.25, 0.3) is 0 Å². The fraction of sp³-hybridized carbons (Fsp3) is 0.250. The number of rotatable bonds is 1. The Hall–Kier alpha value is -2.79. The fourth-order valence-electron chi connectivity index (χ4n) is 4.73. The van der Waals surface area contributed by atoms with Crippen LogP contribution in [0.5, 0.6) is 0 Å². The molecule has 1 aromatic heterocycles. The molecule has 0 fully saturated rings. The summed E-state index contributed by atoms with van der Waals surface area (Å²) in [6.07, 6.45) is 0. The van der Waals surface area contributed by atoms with Gasteiger partial charge in [-0.25, -0.2) is 4.79 Å². The third-order valence-electron chi connectivity index (χ3n) is 5.74. The van der Waals surface area contributed by atoms with Crippen molar-refractivity contribution in [1.29, 1.82) is 0 Å². The summed E-state index contributed by atoms with van der Waals surface area (Å²) in [7, 11) is 3.65. The highest BCUT2D eigenvalue weighted by Gasteiger charge is 2.58. The number of carbonyl (C=O) groups is 1. The number of aromatic nitrogens is 1. The summed E-state index contributed by atoms with van der Waals surface area (Å²) in [5.41, 5.74) is 3.57. The molecule has 5 nitrogen and oxygen atoms in total. The number of anilines is 1. The van der Waals surface area contributed by atoms with Gasteiger partial charge >= 0.3 is 6.03 Å². The van der Waals surface area contributed by atoms with Crippen LogP contribution in [0.3, 0.4) is 0 Å². The summed E-state index contributed by atoms with van der Waals surface area (Å²) in [6, 6.07) is 18.2. The number of likely N-dealkylation sites (N-methyl/N-ethyl adjacent to an activating group) is 1. The number of fused-ring (bicyclic) bond motifs is 7. The molecule has 5 rings (SSSR count). The number of hydrogen-bond donors (Lipinski definition) is 0. The quantitative estimate of drug-likeness (QED) is 0.678. The second-order valence-electron chi connectivity index (χ2n) is 6.90. The van der Waals surface area contributed by atoms with Crippen LogP contribution < -0.4 is 4.90 Å². The average molecular weight is 333 g/mol. The Morgan fingerprint density at radius 1 is 1.08 bits per heavy atom. The molecule has 25 heavy (non-hydrogen) atoms. The Labute approximate surface area is 146 Å². The lowest BCUT2D eigenvalue weighted by atomic mass is 9.84. The summed E-state index contributed by atoms with van der Waals surface area (Å²) in [6.45, 7) is 2.09. The molecule has 5 heteroatoms. The maximum absolute atomic E-state index is 13.3. The van der Waals surface area contributed by atoms with E-state index in [-0.39, 0.29) is 12.1 Å². The average Bonchev–Trinajstić information content (AvgIpc) is 3.10. The van der Waals surface area contributed by atoms with E-state index >= 15 is 0 Å². The molecule has 2 aromatic carbocycles. The van der Waals surface area contributed by atoms with E-state index in [0.29, 0.717) is 0 Å². The fourth-order valence-corrected chi connectivity index (χ4v) is 4.73. The van der Waals surface area contributed by atoms with Crippen molar-refractivity contribution in [3.63, 3.8) is 0 Å². The number of nitrogens with zero attached hydrogens (tertiary/aromatic N) is 3. The zero-order chi connectivity index (χ0) is 17.3. The van der Waals surface area contributed by atoms with Crippen LogP contribution >= 0.6 is 0 Å². The zero-order valence-electron chi connectivity index (χ0n) is 14.4. The van der Waals surface area contributed by atoms with Crippen molar-refractivity contribution < 1.29 is 9.63 Å². The Morgan fingerprint density at radius 3 is 2.60 bits per heavy atom. The Balaban J connectivity index is 1.88. The molecular weight excluding hydrogens is 314 g/mol. The molecule has 2 aliphatic rings. The van der Waals surface area contributed by atoms with E-state index in [1.807, 2.05) is 36.4 Å². The number of hydrogen-bond acceptors (Lipinski definition) is 3. The maximum atomic E-state index is 13.3. The van der Waals surface area contributed by atoms with Crippen LogP contribution in [0.15, 0.2) is 54.6 Å². The third-order valence-corrected chi connectivity index (χ3v) is 5.74. The first-order chi connectivity index (χ1) is 12.1. The molecule has 0 spiro atoms. The minimum Gasteiger partial charge on any atom is -0.363 e. The summed E-state index contributed by atoms with van der Waals surface area (Å²) < 4.78 is 1.79. The molecule has 0 saturated carbocycles. The highest BCUT2D eigenvalue weighted by Crippen LogP contribution is 2.56. The minimum absolute atomic E-state index is 0.0186. The molecule has 3 heterocycles. The maximum Gasteiger partial charge on any atom is 0.353 e. The Bertz CT molecular complexity index is 1020. The lowest BCUT2D eigenvalue weighted by molar-refractivity contribution is -0.168. The molecule has 3 aromatic rings. The smallest absolute Gasteiger partial charge is 0.353 e. The standard InChI is InChI=1S/C20H19N3O2/c1-20-14-9-5-7-11-16(14)21(2)18(20)17-12-13-8-4-6-10-15(13)22(17)19(24)23(20)25-3/h4-12,18H,1-3H3/t18-,20-/m0/s1. The lowest BCUT2D eigenvalue weighted by Crippen LogP contribution is -2.56. The first-order valence-electron chi connectivity index (χ1n) is 8.40. The third kappa shape index (κ3) is 1.54. The predicted octanol–water partition coefficient (Wildman–Crippen LogP) is 3.89. The molecule has 0 bridgehead atoms. The molecule has 0 radical (unpaired) electrons. The van der Waals surface area contributed by atoms with Gasteiger partial charge in [-0.2, -0.15) is 5.06 Å². The minimum atomic E-state index is -0.582. The lowest BCUT2D eigenvalue weighted by Gasteiger charge is -2.46. The van der Waals surface area contributed by atoms with Crippen LogP contribution in [0.2, 0.25) is 0 Å². The van der Waals surface area contributed by atoms with Gasteiger partial charge in [-0.05, 0) is 25.1 Å². The topological polar surface area (TPSA) is 37.7 Å². The molecule has 126 valence electrons. The first kappa shape index (κ1) is 14.5. The van der Waals surface area contributed by atoms with Crippen molar-refractivity contribution in [2.24, 2.45) is 0 Å². The van der Waals surface area contributed by atoms with Gasteiger partial charge in [-0.1, -0.05) is 36.4 Å². The van der Waals surface area contributed by atoms with Crippen molar-refractivity contribution in [3.05, 3.63) is 65.9 Å². The highest BCUT2D eigenvalue weighted by molar-refractivity contribution is 5.95. The molecule has 2 atom stereocenters. The van der Waals surface area contributed by atoms with Crippen molar-refractivity contribution in [1.82, 2.24) is 9.63 Å². The SMILES string of the molecule is CON1C(=O)n2c(cc3ccccc32)[C@@H]2N(C)c3ccccc3[C@@]21C. The second kappa shape index (κ2) is 4.64. The Morgan fingerprint density at radius 2 is 1.80 bits per heavy atom. The zero-order valence-corrected chi connectivity index (χ0v) is 14.4. The van der Waals surface area contributed by atoms with E-state index < -0.39 is 5.54 Å². The van der Waals surface area contributed by atoms with Crippen molar-refractivity contribution >= 4 is 22.6 Å². The van der Waals surface area contributed by atoms with Gasteiger partial charge in [-0.3, -0.25) is 9.40 Å². The molecule has 0 saturated heterocycles. The van der Waals surface area contributed by atoms with Crippen LogP contribution in [-0.4, -0.2) is 29.8 Å². The summed E-state index contributed by atoms with van der Waals surface area (Å²) in [4.78, 5) is 21.2. The molecule has 0 aliphatic carbocycles. The van der Waals surface area contributed by atoms with E-state index in [9.17, 15) is 4.79 Å². The van der Waals surface area contributed by atoms with E-state index in [2.05, 4.69) is 37.1 Å². The van der Waals surface area contributed by atoms with E-state index in [1.165, 1.54) is 5.06 Å². The first-order valence-corrected chi connectivity index (χ1v) is 8.40. The van der Waals surface area contributed by atoms with Gasteiger partial charge in [0, 0.05) is 23.7 Å². The van der Waals surface area contributed by atoms with E-state index in [0.717, 1.165) is 27.8 Å². The van der Waals surface area contributed by atoms with Crippen LogP contribution in [0.1, 0.15) is 24.2 Å².